The van der Waals surface area contributed by atoms with E-state index in [-0.39, 0.29) is 55.8 Å². The fourth-order valence-corrected chi connectivity index (χ4v) is 7.30. The molecule has 2 atom stereocenters. The summed E-state index contributed by atoms with van der Waals surface area (Å²) in [6.07, 6.45) is -2.19. The van der Waals surface area contributed by atoms with Crippen molar-refractivity contribution in [1.29, 1.82) is 0 Å². The molecule has 0 radical (unpaired) electrons. The second-order valence-electron chi connectivity index (χ2n) is 10.8. The number of thioether (sulfide) groups is 1. The van der Waals surface area contributed by atoms with Gasteiger partial charge in [-0.25, -0.2) is 18.4 Å². The summed E-state index contributed by atoms with van der Waals surface area (Å²) < 4.78 is 73.2. The van der Waals surface area contributed by atoms with Gasteiger partial charge in [0.25, 0.3) is 0 Å². The number of anilines is 4. The summed E-state index contributed by atoms with van der Waals surface area (Å²) in [6, 6.07) is 9.57. The molecule has 2 N–H and O–H groups in total. The number of amides is 2. The number of carbonyl (C=O) groups excluding carboxylic acids is 2. The zero-order valence-corrected chi connectivity index (χ0v) is 29.9. The van der Waals surface area contributed by atoms with E-state index in [0.29, 0.717) is 22.7 Å². The average molecular weight is 909 g/mol. The number of rotatable bonds is 6. The number of ether oxygens (including phenoxy) is 2. The molecule has 4 fully saturated rings. The number of cyclic esters (lactones) is 2. The zero-order valence-electron chi connectivity index (χ0n) is 25.7. The van der Waals surface area contributed by atoms with Crippen molar-refractivity contribution in [2.24, 2.45) is 0 Å². The first-order chi connectivity index (χ1) is 22.8. The molecular weight excluding hydrogens is 869 g/mol. The molecule has 19 heteroatoms. The summed E-state index contributed by atoms with van der Waals surface area (Å²) in [6.45, 7) is 3.30. The van der Waals surface area contributed by atoms with Gasteiger partial charge in [-0.1, -0.05) is 13.3 Å². The molecule has 4 aliphatic heterocycles. The summed E-state index contributed by atoms with van der Waals surface area (Å²) in [5.41, 5.74) is 2.05. The molecular formula is C30H40F2N4O10OsS2. The van der Waals surface area contributed by atoms with Crippen LogP contribution in [0.2, 0.25) is 0 Å². The van der Waals surface area contributed by atoms with Gasteiger partial charge >= 0.3 is 41.2 Å². The van der Waals surface area contributed by atoms with E-state index in [1.807, 2.05) is 21.6 Å². The van der Waals surface area contributed by atoms with Crippen LogP contribution >= 0.6 is 22.2 Å². The topological polar surface area (TPSA) is 174 Å². The number of aliphatic hydroxyl groups excluding tert-OH is 2. The van der Waals surface area contributed by atoms with E-state index in [1.165, 1.54) is 21.9 Å². The van der Waals surface area contributed by atoms with Gasteiger partial charge in [0, 0.05) is 49.2 Å². The number of hydrogen-bond donors (Lipinski definition) is 2. The molecule has 49 heavy (non-hydrogen) atoms. The van der Waals surface area contributed by atoms with Gasteiger partial charge in [0.1, 0.15) is 23.8 Å². The van der Waals surface area contributed by atoms with Crippen LogP contribution in [0.15, 0.2) is 36.4 Å². The number of nitrogens with zero attached hydrogens (tertiary/aromatic N) is 4. The maximum absolute atomic E-state index is 14.4. The van der Waals surface area contributed by atoms with Crippen LogP contribution in [0.1, 0.15) is 7.43 Å². The Morgan fingerprint density at radius 2 is 1.16 bits per heavy atom. The zero-order chi connectivity index (χ0) is 35.0. The van der Waals surface area contributed by atoms with E-state index < -0.39 is 39.2 Å². The first kappa shape index (κ1) is 40.2. The minimum atomic E-state index is -6.06. The van der Waals surface area contributed by atoms with Gasteiger partial charge in [-0.3, -0.25) is 9.80 Å². The van der Waals surface area contributed by atoms with Gasteiger partial charge in [-0.05, 0) is 36.4 Å². The molecule has 0 aliphatic carbocycles. The third-order valence-corrected chi connectivity index (χ3v) is 10.1. The van der Waals surface area contributed by atoms with Crippen LogP contribution in [0.25, 0.3) is 0 Å². The molecule has 0 saturated carbocycles. The van der Waals surface area contributed by atoms with Gasteiger partial charge < -0.3 is 29.5 Å². The Hall–Kier alpha value is -3.23. The van der Waals surface area contributed by atoms with Crippen molar-refractivity contribution in [1.82, 2.24) is 0 Å². The molecule has 274 valence electrons. The van der Waals surface area contributed by atoms with E-state index in [0.717, 1.165) is 49.2 Å². The molecule has 6 rings (SSSR count). The number of benzene rings is 2. The van der Waals surface area contributed by atoms with E-state index >= 15 is 0 Å². The van der Waals surface area contributed by atoms with Crippen molar-refractivity contribution in [3.05, 3.63) is 48.0 Å². The summed E-state index contributed by atoms with van der Waals surface area (Å²) in [7, 11) is 0.185. The number of aliphatic hydroxyl groups is 2. The summed E-state index contributed by atoms with van der Waals surface area (Å²) in [4.78, 5) is 30.2. The Bertz CT molecular complexity index is 1700. The summed E-state index contributed by atoms with van der Waals surface area (Å²) >= 11 is -4.19. The Morgan fingerprint density at radius 3 is 1.51 bits per heavy atom. The molecule has 0 spiro atoms. The van der Waals surface area contributed by atoms with Crippen molar-refractivity contribution in [3.8, 4) is 0 Å². The third kappa shape index (κ3) is 11.4. The predicted octanol–water partition coefficient (Wildman–Crippen LogP) is 3.52. The molecule has 4 aliphatic rings. The number of carbonyl (C=O) groups is 2. The maximum atomic E-state index is 14.4. The summed E-state index contributed by atoms with van der Waals surface area (Å²) in [5, 5.41) is 18.1. The number of hydrogen-bond acceptors (Lipinski definition) is 13. The average Bonchev–Trinajstić information content (AvgIpc) is 3.63. The van der Waals surface area contributed by atoms with E-state index in [2.05, 4.69) is 5.87 Å². The standard InChI is InChI=1S/C15H19FN2O3S.C14H17FN2O3S.CH4.4O.Os/c1-22-6-4-17(5-7-22)14-3-2-11(8-13(14)16)18-9-12(10-19)21-15(18)20;15-12-7-10(17-8-11(9-18)20-14(17)19)1-2-13(12)16-3-5-21-6-4-16;;;;;;/h2-3,8,12,19H,1,4-7,9-10H2;1-2,7,11,18H,3-6,8-9H2;1H4;;;;;/t12-;11-;;;;;;/m11....../s1. The van der Waals surface area contributed by atoms with E-state index in [9.17, 15) is 18.4 Å². The SMILES string of the molecule is C.C=S1CCN(c2ccc(N3C[C@H](CO)OC3=O)cc2F)CC1.O=C1O[C@@H](CO)CN1c1ccc(N2CCSCC2)c(F)c1.[O]=[Os](=[O])(=[O])=[O]. The van der Waals surface area contributed by atoms with Gasteiger partial charge in [0.15, 0.2) is 0 Å². The van der Waals surface area contributed by atoms with Gasteiger partial charge in [-0.15, -0.1) is 0 Å². The molecule has 0 unspecified atom stereocenters. The fourth-order valence-electron chi connectivity index (χ4n) is 5.23. The molecule has 4 saturated heterocycles. The van der Waals surface area contributed by atoms with Crippen LogP contribution < -0.4 is 19.6 Å². The second-order valence-corrected chi connectivity index (χ2v) is 16.6. The van der Waals surface area contributed by atoms with Crippen molar-refractivity contribution in [2.45, 2.75) is 19.6 Å². The first-order valence-electron chi connectivity index (χ1n) is 14.7. The van der Waals surface area contributed by atoms with Crippen LogP contribution in [0.3, 0.4) is 0 Å². The van der Waals surface area contributed by atoms with Crippen LogP contribution in [-0.2, 0) is 38.5 Å². The number of halogens is 2. The molecule has 0 aromatic heterocycles. The van der Waals surface area contributed by atoms with Crippen LogP contribution in [0.4, 0.5) is 41.1 Å². The summed E-state index contributed by atoms with van der Waals surface area (Å²) in [5.74, 6) is 7.35. The van der Waals surface area contributed by atoms with Crippen LogP contribution in [0.5, 0.6) is 0 Å². The molecule has 4 heterocycles. The quantitative estimate of drug-likeness (QED) is 0.404. The monoisotopic (exact) mass is 910 g/mol. The fraction of sp³-hybridized carbons (Fsp3) is 0.500. The Balaban J connectivity index is 0.000000230. The van der Waals surface area contributed by atoms with Crippen molar-refractivity contribution < 1.29 is 67.1 Å². The normalized spacial score (nSPS) is 21.1. The molecule has 0 bridgehead atoms. The second kappa shape index (κ2) is 18.1. The molecule has 2 aromatic rings. The Morgan fingerprint density at radius 1 is 0.776 bits per heavy atom. The van der Waals surface area contributed by atoms with Gasteiger partial charge in [0.2, 0.25) is 0 Å². The van der Waals surface area contributed by atoms with Crippen molar-refractivity contribution >= 4 is 63.1 Å². The first-order valence-corrected chi connectivity index (χ1v) is 21.7. The Kier molecular flexibility index (Phi) is 14.9. The van der Waals surface area contributed by atoms with Gasteiger partial charge in [0.05, 0.1) is 49.1 Å². The van der Waals surface area contributed by atoms with E-state index in [4.69, 9.17) is 33.8 Å². The van der Waals surface area contributed by atoms with Crippen molar-refractivity contribution in [2.75, 3.05) is 95.1 Å². The molecule has 2 aromatic carbocycles. The molecule has 14 nitrogen and oxygen atoms in total. The van der Waals surface area contributed by atoms with E-state index in [1.54, 1.807) is 24.3 Å². The third-order valence-electron chi connectivity index (χ3n) is 7.63. The molecule has 2 amide bonds. The van der Waals surface area contributed by atoms with Crippen LogP contribution in [0, 0.1) is 11.6 Å². The van der Waals surface area contributed by atoms with Crippen LogP contribution in [-0.4, -0.2) is 116 Å². The Labute approximate surface area is 291 Å². The predicted molar refractivity (Wildman–Crippen MR) is 178 cm³/mol. The minimum absolute atomic E-state index is 0. The van der Waals surface area contributed by atoms with Gasteiger partial charge in [-0.2, -0.15) is 22.2 Å². The van der Waals surface area contributed by atoms with Crippen molar-refractivity contribution in [3.63, 3.8) is 0 Å².